The summed E-state index contributed by atoms with van der Waals surface area (Å²) in [5.74, 6) is -0.114. The third kappa shape index (κ3) is 4.60. The highest BCUT2D eigenvalue weighted by molar-refractivity contribution is 5.99. The molecule has 1 N–H and O–H groups in total. The molecule has 1 aromatic carbocycles. The number of likely N-dealkylation sites (tertiary alicyclic amines) is 1. The fourth-order valence-corrected chi connectivity index (χ4v) is 3.29. The maximum absolute atomic E-state index is 12.7. The van der Waals surface area contributed by atoms with E-state index in [0.29, 0.717) is 29.9 Å². The summed E-state index contributed by atoms with van der Waals surface area (Å²) in [4.78, 5) is 26.7. The molecule has 2 aliphatic rings. The number of carbonyl (C=O) groups is 2. The molecular weight excluding hydrogens is 316 g/mol. The van der Waals surface area contributed by atoms with Crippen molar-refractivity contribution in [3.63, 3.8) is 0 Å². The summed E-state index contributed by atoms with van der Waals surface area (Å²) in [6.07, 6.45) is 7.09. The molecule has 1 saturated heterocycles. The molecule has 0 aromatic heterocycles. The Labute approximate surface area is 149 Å². The van der Waals surface area contributed by atoms with Crippen molar-refractivity contribution < 1.29 is 14.3 Å². The van der Waals surface area contributed by atoms with Gasteiger partial charge in [0.2, 0.25) is 0 Å². The zero-order chi connectivity index (χ0) is 17.6. The van der Waals surface area contributed by atoms with Crippen LogP contribution < -0.4 is 5.32 Å². The molecule has 5 nitrogen and oxygen atoms in total. The van der Waals surface area contributed by atoms with Crippen molar-refractivity contribution in [3.05, 3.63) is 35.4 Å². The molecular formula is C20H28N2O3. The molecule has 0 radical (unpaired) electrons. The maximum atomic E-state index is 12.7. The molecule has 0 spiro atoms. The van der Waals surface area contributed by atoms with Gasteiger partial charge >= 0.3 is 0 Å². The number of amides is 2. The van der Waals surface area contributed by atoms with Crippen LogP contribution in [-0.2, 0) is 4.74 Å². The first-order valence-corrected chi connectivity index (χ1v) is 9.50. The Kier molecular flexibility index (Phi) is 6.08. The number of piperidine rings is 1. The van der Waals surface area contributed by atoms with E-state index in [1.165, 1.54) is 19.3 Å². The fourth-order valence-electron chi connectivity index (χ4n) is 3.29. The Morgan fingerprint density at radius 1 is 1.12 bits per heavy atom. The average Bonchev–Trinajstić information content (AvgIpc) is 2.62. The molecule has 1 heterocycles. The third-order valence-corrected chi connectivity index (χ3v) is 5.07. The maximum Gasteiger partial charge on any atom is 0.253 e. The molecule has 1 aromatic rings. The van der Waals surface area contributed by atoms with Crippen LogP contribution in [0.3, 0.4) is 0 Å². The third-order valence-electron chi connectivity index (χ3n) is 5.07. The Balaban J connectivity index is 1.55. The minimum atomic E-state index is -0.121. The molecule has 1 aliphatic carbocycles. The summed E-state index contributed by atoms with van der Waals surface area (Å²) in [6.45, 7) is 4.11. The minimum Gasteiger partial charge on any atom is -0.375 e. The molecule has 2 amide bonds. The largest absolute Gasteiger partial charge is 0.375 e. The summed E-state index contributed by atoms with van der Waals surface area (Å²) in [7, 11) is 0. The number of hydrogen-bond donors (Lipinski definition) is 1. The van der Waals surface area contributed by atoms with Crippen LogP contribution >= 0.6 is 0 Å². The highest BCUT2D eigenvalue weighted by atomic mass is 16.5. The molecule has 25 heavy (non-hydrogen) atoms. The van der Waals surface area contributed by atoms with Crippen molar-refractivity contribution in [1.82, 2.24) is 10.2 Å². The van der Waals surface area contributed by atoms with Gasteiger partial charge in [-0.25, -0.2) is 0 Å². The van der Waals surface area contributed by atoms with Crippen LogP contribution in [-0.4, -0.2) is 48.6 Å². The summed E-state index contributed by atoms with van der Waals surface area (Å²) in [6, 6.07) is 7.02. The van der Waals surface area contributed by atoms with Crippen LogP contribution in [0.4, 0.5) is 0 Å². The van der Waals surface area contributed by atoms with Crippen LogP contribution in [0.5, 0.6) is 0 Å². The summed E-state index contributed by atoms with van der Waals surface area (Å²) >= 11 is 0. The van der Waals surface area contributed by atoms with Gasteiger partial charge in [-0.3, -0.25) is 9.59 Å². The number of hydrogen-bond acceptors (Lipinski definition) is 3. The lowest BCUT2D eigenvalue weighted by Crippen LogP contribution is -2.42. The van der Waals surface area contributed by atoms with Crippen LogP contribution in [0.1, 0.15) is 66.2 Å². The van der Waals surface area contributed by atoms with E-state index in [4.69, 9.17) is 4.74 Å². The van der Waals surface area contributed by atoms with Gasteiger partial charge in [-0.1, -0.05) is 13.0 Å². The Morgan fingerprint density at radius 3 is 2.44 bits per heavy atom. The molecule has 0 unspecified atom stereocenters. The van der Waals surface area contributed by atoms with Gasteiger partial charge in [0.15, 0.2) is 0 Å². The van der Waals surface area contributed by atoms with E-state index in [-0.39, 0.29) is 11.8 Å². The van der Waals surface area contributed by atoms with Crippen LogP contribution in [0.2, 0.25) is 0 Å². The highest BCUT2D eigenvalue weighted by Gasteiger charge is 2.28. The molecule has 3 rings (SSSR count). The summed E-state index contributed by atoms with van der Waals surface area (Å²) in [5.41, 5.74) is 1.13. The summed E-state index contributed by atoms with van der Waals surface area (Å²) < 4.78 is 6.06. The van der Waals surface area contributed by atoms with E-state index >= 15 is 0 Å². The highest BCUT2D eigenvalue weighted by Crippen LogP contribution is 2.26. The zero-order valence-corrected chi connectivity index (χ0v) is 15.0. The van der Waals surface area contributed by atoms with E-state index in [1.54, 1.807) is 24.3 Å². The molecule has 0 bridgehead atoms. The van der Waals surface area contributed by atoms with E-state index < -0.39 is 0 Å². The first-order valence-electron chi connectivity index (χ1n) is 9.50. The van der Waals surface area contributed by atoms with Crippen LogP contribution in [0.15, 0.2) is 24.3 Å². The average molecular weight is 344 g/mol. The summed E-state index contributed by atoms with van der Waals surface area (Å²) in [5, 5.41) is 2.85. The molecule has 2 fully saturated rings. The standard InChI is InChI=1S/C20H28N2O3/c1-2-11-21-19(23)15-5-3-6-16(14-15)20(24)22-12-9-18(10-13-22)25-17-7-4-8-17/h3,5-6,14,17-18H,2,4,7-13H2,1H3,(H,21,23). The van der Waals surface area contributed by atoms with Gasteiger partial charge in [0.05, 0.1) is 12.2 Å². The fraction of sp³-hybridized carbons (Fsp3) is 0.600. The lowest BCUT2D eigenvalue weighted by molar-refractivity contribution is -0.0705. The van der Waals surface area contributed by atoms with E-state index in [0.717, 1.165) is 32.4 Å². The first-order chi connectivity index (χ1) is 12.2. The predicted octanol–water partition coefficient (Wildman–Crippen LogP) is 3.00. The molecule has 5 heteroatoms. The van der Waals surface area contributed by atoms with E-state index in [1.807, 2.05) is 11.8 Å². The molecule has 136 valence electrons. The molecule has 1 saturated carbocycles. The quantitative estimate of drug-likeness (QED) is 0.863. The molecule has 0 atom stereocenters. The van der Waals surface area contributed by atoms with Gasteiger partial charge in [-0.05, 0) is 56.7 Å². The minimum absolute atomic E-state index is 0.00670. The second-order valence-electron chi connectivity index (χ2n) is 7.02. The van der Waals surface area contributed by atoms with Gasteiger partial charge < -0.3 is 15.0 Å². The van der Waals surface area contributed by atoms with Crippen molar-refractivity contribution >= 4 is 11.8 Å². The predicted molar refractivity (Wildman–Crippen MR) is 96.7 cm³/mol. The van der Waals surface area contributed by atoms with Crippen molar-refractivity contribution in [2.45, 2.75) is 57.7 Å². The van der Waals surface area contributed by atoms with Gasteiger partial charge in [0.25, 0.3) is 11.8 Å². The number of ether oxygens (including phenoxy) is 1. The molecule has 1 aliphatic heterocycles. The van der Waals surface area contributed by atoms with Crippen molar-refractivity contribution in [2.24, 2.45) is 0 Å². The number of nitrogens with one attached hydrogen (secondary N) is 1. The Morgan fingerprint density at radius 2 is 1.80 bits per heavy atom. The van der Waals surface area contributed by atoms with Gasteiger partial charge in [-0.2, -0.15) is 0 Å². The van der Waals surface area contributed by atoms with Crippen molar-refractivity contribution in [3.8, 4) is 0 Å². The number of carbonyl (C=O) groups excluding carboxylic acids is 2. The van der Waals surface area contributed by atoms with Crippen LogP contribution in [0.25, 0.3) is 0 Å². The monoisotopic (exact) mass is 344 g/mol. The topological polar surface area (TPSA) is 58.6 Å². The smallest absolute Gasteiger partial charge is 0.253 e. The van der Waals surface area contributed by atoms with E-state index in [2.05, 4.69) is 5.32 Å². The van der Waals surface area contributed by atoms with Crippen LogP contribution in [0, 0.1) is 0 Å². The van der Waals surface area contributed by atoms with E-state index in [9.17, 15) is 9.59 Å². The number of rotatable bonds is 6. The SMILES string of the molecule is CCCNC(=O)c1cccc(C(=O)N2CCC(OC3CCC3)CC2)c1. The number of benzene rings is 1. The van der Waals surface area contributed by atoms with Crippen molar-refractivity contribution in [2.75, 3.05) is 19.6 Å². The van der Waals surface area contributed by atoms with Gasteiger partial charge in [0, 0.05) is 30.8 Å². The Hall–Kier alpha value is -1.88. The number of nitrogens with zero attached hydrogens (tertiary/aromatic N) is 1. The normalized spacial score (nSPS) is 18.7. The lowest BCUT2D eigenvalue weighted by Gasteiger charge is -2.36. The lowest BCUT2D eigenvalue weighted by atomic mass is 9.95. The van der Waals surface area contributed by atoms with Gasteiger partial charge in [-0.15, -0.1) is 0 Å². The first kappa shape index (κ1) is 17.9. The van der Waals surface area contributed by atoms with Gasteiger partial charge in [0.1, 0.15) is 0 Å². The second kappa shape index (κ2) is 8.48. The van der Waals surface area contributed by atoms with Crippen molar-refractivity contribution in [1.29, 1.82) is 0 Å². The zero-order valence-electron chi connectivity index (χ0n) is 15.0. The second-order valence-corrected chi connectivity index (χ2v) is 7.02. The Bertz CT molecular complexity index is 605.